The Morgan fingerprint density at radius 2 is 1.83 bits per heavy atom. The third-order valence-corrected chi connectivity index (χ3v) is 4.67. The fraction of sp³-hybridized carbons (Fsp3) is 0.538. The summed E-state index contributed by atoms with van der Waals surface area (Å²) >= 11 is 0. The number of benzene rings is 1. The van der Waals surface area contributed by atoms with Crippen molar-refractivity contribution in [3.63, 3.8) is 0 Å². The van der Waals surface area contributed by atoms with Crippen LogP contribution in [-0.2, 0) is 10.0 Å². The second-order valence-electron chi connectivity index (χ2n) is 4.61. The summed E-state index contributed by atoms with van der Waals surface area (Å²) in [4.78, 5) is 0.231. The third kappa shape index (κ3) is 3.80. The van der Waals surface area contributed by atoms with Gasteiger partial charge in [0, 0.05) is 6.04 Å². The van der Waals surface area contributed by atoms with E-state index in [4.69, 9.17) is 0 Å². The Balaban J connectivity index is 2.90. The van der Waals surface area contributed by atoms with Crippen molar-refractivity contribution in [2.75, 3.05) is 6.61 Å². The molecular weight excluding hydrogens is 250 g/mol. The van der Waals surface area contributed by atoms with E-state index in [2.05, 4.69) is 4.72 Å². The molecule has 0 radical (unpaired) electrons. The van der Waals surface area contributed by atoms with Crippen molar-refractivity contribution >= 4 is 10.0 Å². The first-order chi connectivity index (χ1) is 8.40. The predicted molar refractivity (Wildman–Crippen MR) is 71.8 cm³/mol. The van der Waals surface area contributed by atoms with Crippen LogP contribution < -0.4 is 4.72 Å². The first-order valence-corrected chi connectivity index (χ1v) is 7.59. The van der Waals surface area contributed by atoms with Gasteiger partial charge in [-0.25, -0.2) is 13.1 Å². The molecule has 0 amide bonds. The zero-order valence-corrected chi connectivity index (χ0v) is 11.9. The molecule has 0 fully saturated rings. The number of rotatable bonds is 6. The van der Waals surface area contributed by atoms with Crippen molar-refractivity contribution in [1.82, 2.24) is 4.72 Å². The highest BCUT2D eigenvalue weighted by molar-refractivity contribution is 7.89. The van der Waals surface area contributed by atoms with Gasteiger partial charge in [0.05, 0.1) is 11.5 Å². The van der Waals surface area contributed by atoms with E-state index in [0.717, 1.165) is 12.0 Å². The minimum absolute atomic E-state index is 0.0928. The molecule has 2 N–H and O–H groups in total. The zero-order valence-electron chi connectivity index (χ0n) is 11.1. The molecule has 5 heteroatoms. The SMILES string of the molecule is CCC(C)C(CO)NS(=O)(=O)c1ccc(C)cc1. The van der Waals surface area contributed by atoms with Crippen LogP contribution in [0.1, 0.15) is 25.8 Å². The van der Waals surface area contributed by atoms with E-state index in [0.29, 0.717) is 0 Å². The van der Waals surface area contributed by atoms with Crippen molar-refractivity contribution < 1.29 is 13.5 Å². The van der Waals surface area contributed by atoms with Gasteiger partial charge in [-0.05, 0) is 25.0 Å². The van der Waals surface area contributed by atoms with Crippen LogP contribution in [0.25, 0.3) is 0 Å². The molecule has 2 unspecified atom stereocenters. The van der Waals surface area contributed by atoms with Gasteiger partial charge in [0.15, 0.2) is 0 Å². The van der Waals surface area contributed by atoms with Crippen LogP contribution in [0.2, 0.25) is 0 Å². The molecule has 2 atom stereocenters. The summed E-state index contributed by atoms with van der Waals surface area (Å²) in [7, 11) is -3.55. The van der Waals surface area contributed by atoms with Gasteiger partial charge in [0.1, 0.15) is 0 Å². The summed E-state index contributed by atoms with van der Waals surface area (Å²) in [5, 5.41) is 9.25. The third-order valence-electron chi connectivity index (χ3n) is 3.17. The van der Waals surface area contributed by atoms with Crippen LogP contribution in [-0.4, -0.2) is 26.2 Å². The largest absolute Gasteiger partial charge is 0.395 e. The molecule has 4 nitrogen and oxygen atoms in total. The molecule has 0 bridgehead atoms. The number of hydrogen-bond donors (Lipinski definition) is 2. The van der Waals surface area contributed by atoms with Gasteiger partial charge in [-0.3, -0.25) is 0 Å². The number of aliphatic hydroxyl groups excluding tert-OH is 1. The molecule has 1 aromatic carbocycles. The van der Waals surface area contributed by atoms with Gasteiger partial charge in [-0.1, -0.05) is 38.0 Å². The maximum atomic E-state index is 12.1. The van der Waals surface area contributed by atoms with E-state index < -0.39 is 16.1 Å². The van der Waals surface area contributed by atoms with E-state index in [1.165, 1.54) is 0 Å². The molecule has 0 heterocycles. The van der Waals surface area contributed by atoms with E-state index in [1.807, 2.05) is 20.8 Å². The number of aliphatic hydroxyl groups is 1. The number of hydrogen-bond acceptors (Lipinski definition) is 3. The Morgan fingerprint density at radius 1 is 1.28 bits per heavy atom. The Kier molecular flexibility index (Phi) is 5.31. The Hall–Kier alpha value is -0.910. The predicted octanol–water partition coefficient (Wildman–Crippen LogP) is 1.68. The first-order valence-electron chi connectivity index (χ1n) is 6.10. The second-order valence-corrected chi connectivity index (χ2v) is 6.32. The summed E-state index contributed by atoms with van der Waals surface area (Å²) in [6.07, 6.45) is 0.807. The van der Waals surface area contributed by atoms with Crippen LogP contribution in [0.5, 0.6) is 0 Å². The maximum absolute atomic E-state index is 12.1. The van der Waals surface area contributed by atoms with Crippen LogP contribution in [0.3, 0.4) is 0 Å². The summed E-state index contributed by atoms with van der Waals surface area (Å²) < 4.78 is 26.8. The van der Waals surface area contributed by atoms with Gasteiger partial charge in [-0.2, -0.15) is 0 Å². The monoisotopic (exact) mass is 271 g/mol. The number of sulfonamides is 1. The van der Waals surface area contributed by atoms with E-state index >= 15 is 0 Å². The van der Waals surface area contributed by atoms with Crippen molar-refractivity contribution in [3.05, 3.63) is 29.8 Å². The van der Waals surface area contributed by atoms with Crippen molar-refractivity contribution in [2.45, 2.75) is 38.1 Å². The zero-order chi connectivity index (χ0) is 13.8. The highest BCUT2D eigenvalue weighted by Crippen LogP contribution is 2.14. The van der Waals surface area contributed by atoms with Gasteiger partial charge in [-0.15, -0.1) is 0 Å². The first kappa shape index (κ1) is 15.1. The number of nitrogens with one attached hydrogen (secondary N) is 1. The minimum atomic E-state index is -3.55. The van der Waals surface area contributed by atoms with Crippen molar-refractivity contribution in [2.24, 2.45) is 5.92 Å². The highest BCUT2D eigenvalue weighted by Gasteiger charge is 2.22. The minimum Gasteiger partial charge on any atom is -0.395 e. The summed E-state index contributed by atoms with van der Waals surface area (Å²) in [5.41, 5.74) is 1.01. The molecule has 0 spiro atoms. The van der Waals surface area contributed by atoms with E-state index in [-0.39, 0.29) is 17.4 Å². The van der Waals surface area contributed by atoms with Gasteiger partial charge in [0.25, 0.3) is 0 Å². The molecule has 0 saturated carbocycles. The van der Waals surface area contributed by atoms with Gasteiger partial charge >= 0.3 is 0 Å². The van der Waals surface area contributed by atoms with Crippen molar-refractivity contribution in [1.29, 1.82) is 0 Å². The van der Waals surface area contributed by atoms with Gasteiger partial charge < -0.3 is 5.11 Å². The van der Waals surface area contributed by atoms with E-state index in [1.54, 1.807) is 24.3 Å². The highest BCUT2D eigenvalue weighted by atomic mass is 32.2. The summed E-state index contributed by atoms with van der Waals surface area (Å²) in [5.74, 6) is 0.0928. The van der Waals surface area contributed by atoms with Crippen LogP contribution in [0.15, 0.2) is 29.2 Å². The lowest BCUT2D eigenvalue weighted by Crippen LogP contribution is -2.41. The standard InChI is InChI=1S/C13H21NO3S/c1-4-11(3)13(9-15)14-18(16,17)12-7-5-10(2)6-8-12/h5-8,11,13-15H,4,9H2,1-3H3. The average Bonchev–Trinajstić information content (AvgIpc) is 2.35. The second kappa shape index (κ2) is 6.31. The lowest BCUT2D eigenvalue weighted by molar-refractivity contribution is 0.219. The molecular formula is C13H21NO3S. The molecule has 1 rings (SSSR count). The van der Waals surface area contributed by atoms with E-state index in [9.17, 15) is 13.5 Å². The molecule has 102 valence electrons. The lowest BCUT2D eigenvalue weighted by atomic mass is 10.0. The molecule has 0 aliphatic heterocycles. The molecule has 0 aromatic heterocycles. The Morgan fingerprint density at radius 3 is 2.28 bits per heavy atom. The Bertz CT molecular complexity index is 468. The van der Waals surface area contributed by atoms with Crippen LogP contribution in [0, 0.1) is 12.8 Å². The van der Waals surface area contributed by atoms with Gasteiger partial charge in [0.2, 0.25) is 10.0 Å². The summed E-state index contributed by atoms with van der Waals surface area (Å²) in [6.45, 7) is 5.59. The smallest absolute Gasteiger partial charge is 0.240 e. The van der Waals surface area contributed by atoms with Crippen LogP contribution >= 0.6 is 0 Å². The van der Waals surface area contributed by atoms with Crippen LogP contribution in [0.4, 0.5) is 0 Å². The fourth-order valence-corrected chi connectivity index (χ4v) is 2.94. The van der Waals surface area contributed by atoms with Crippen molar-refractivity contribution in [3.8, 4) is 0 Å². The molecule has 0 aliphatic carbocycles. The molecule has 0 aliphatic rings. The number of aryl methyl sites for hydroxylation is 1. The maximum Gasteiger partial charge on any atom is 0.240 e. The lowest BCUT2D eigenvalue weighted by Gasteiger charge is -2.22. The topological polar surface area (TPSA) is 66.4 Å². The molecule has 1 aromatic rings. The Labute approximate surface area is 109 Å². The normalized spacial score (nSPS) is 15.3. The fourth-order valence-electron chi connectivity index (χ4n) is 1.60. The quantitative estimate of drug-likeness (QED) is 0.827. The molecule has 0 saturated heterocycles. The summed E-state index contributed by atoms with van der Waals surface area (Å²) in [6, 6.07) is 6.21. The average molecular weight is 271 g/mol. The molecule has 18 heavy (non-hydrogen) atoms.